The van der Waals surface area contributed by atoms with Crippen LogP contribution in [0.5, 0.6) is 0 Å². The van der Waals surface area contributed by atoms with Gasteiger partial charge in [-0.3, -0.25) is 0 Å². The fourth-order valence-corrected chi connectivity index (χ4v) is 1.82. The molecule has 0 heterocycles. The Kier molecular flexibility index (Phi) is 7.15. The molecule has 0 saturated heterocycles. The Morgan fingerprint density at radius 3 is 2.53 bits per heavy atom. The van der Waals surface area contributed by atoms with Gasteiger partial charge in [0.25, 0.3) is 0 Å². The molecule has 0 fully saturated rings. The average Bonchev–Trinajstić information content (AvgIpc) is 2.46. The summed E-state index contributed by atoms with van der Waals surface area (Å²) in [6.07, 6.45) is 1.81. The van der Waals surface area contributed by atoms with E-state index in [1.54, 1.807) is 24.3 Å². The highest BCUT2D eigenvalue weighted by Gasteiger charge is 2.22. The number of aliphatic hydroxyl groups is 2. The van der Waals surface area contributed by atoms with Crippen molar-refractivity contribution in [3.8, 4) is 0 Å². The summed E-state index contributed by atoms with van der Waals surface area (Å²) in [7, 11) is 0. The summed E-state index contributed by atoms with van der Waals surface area (Å²) in [5.74, 6) is -0.463. The number of benzene rings is 1. The predicted molar refractivity (Wildman–Crippen MR) is 72.9 cm³/mol. The molecule has 2 N–H and O–H groups in total. The van der Waals surface area contributed by atoms with Crippen molar-refractivity contribution in [1.82, 2.24) is 0 Å². The quantitative estimate of drug-likeness (QED) is 0.559. The lowest BCUT2D eigenvalue weighted by molar-refractivity contribution is -0.0407. The number of hydrogen-bond acceptors (Lipinski definition) is 4. The molecule has 0 aliphatic carbocycles. The second kappa shape index (κ2) is 8.67. The van der Waals surface area contributed by atoms with Crippen LogP contribution >= 0.6 is 0 Å². The van der Waals surface area contributed by atoms with Gasteiger partial charge >= 0.3 is 5.97 Å². The predicted octanol–water partition coefficient (Wildman–Crippen LogP) is 2.15. The lowest BCUT2D eigenvalue weighted by Crippen LogP contribution is -2.34. The summed E-state index contributed by atoms with van der Waals surface area (Å²) in [5, 5.41) is 18.7. The standard InChI is InChI=1S/C15H22O4/c1-2-3-5-10-14(13(17)11-16)19-15(18)12-8-6-4-7-9-12/h4,6-9,13-14,16-17H,2-3,5,10-11H2,1H3/t13-,14+/m0/s1. The van der Waals surface area contributed by atoms with E-state index in [-0.39, 0.29) is 0 Å². The van der Waals surface area contributed by atoms with Crippen LogP contribution in [0, 0.1) is 0 Å². The smallest absolute Gasteiger partial charge is 0.338 e. The third kappa shape index (κ3) is 5.41. The van der Waals surface area contributed by atoms with E-state index in [4.69, 9.17) is 9.84 Å². The highest BCUT2D eigenvalue weighted by Crippen LogP contribution is 2.13. The average molecular weight is 266 g/mol. The van der Waals surface area contributed by atoms with Gasteiger partial charge in [-0.25, -0.2) is 4.79 Å². The zero-order valence-electron chi connectivity index (χ0n) is 11.3. The maximum Gasteiger partial charge on any atom is 0.338 e. The summed E-state index contributed by atoms with van der Waals surface area (Å²) in [4.78, 5) is 11.9. The molecule has 1 aromatic rings. The summed E-state index contributed by atoms with van der Waals surface area (Å²) in [5.41, 5.74) is 0.452. The lowest BCUT2D eigenvalue weighted by Gasteiger charge is -2.21. The first-order valence-electron chi connectivity index (χ1n) is 6.74. The third-order valence-corrected chi connectivity index (χ3v) is 2.98. The maximum atomic E-state index is 11.9. The number of carbonyl (C=O) groups excluding carboxylic acids is 1. The minimum Gasteiger partial charge on any atom is -0.456 e. The van der Waals surface area contributed by atoms with Gasteiger partial charge in [-0.1, -0.05) is 38.0 Å². The van der Waals surface area contributed by atoms with Crippen LogP contribution in [0.4, 0.5) is 0 Å². The molecule has 2 atom stereocenters. The van der Waals surface area contributed by atoms with Gasteiger partial charge in [-0.15, -0.1) is 0 Å². The molecule has 0 radical (unpaired) electrons. The zero-order chi connectivity index (χ0) is 14.1. The van der Waals surface area contributed by atoms with E-state index in [0.717, 1.165) is 19.3 Å². The van der Waals surface area contributed by atoms with E-state index in [1.165, 1.54) is 0 Å². The molecule has 4 nitrogen and oxygen atoms in total. The Hall–Kier alpha value is -1.39. The monoisotopic (exact) mass is 266 g/mol. The largest absolute Gasteiger partial charge is 0.456 e. The number of esters is 1. The number of hydrogen-bond donors (Lipinski definition) is 2. The zero-order valence-corrected chi connectivity index (χ0v) is 11.3. The molecule has 0 bridgehead atoms. The van der Waals surface area contributed by atoms with Gasteiger partial charge in [0.1, 0.15) is 12.2 Å². The van der Waals surface area contributed by atoms with Crippen LogP contribution < -0.4 is 0 Å². The number of carbonyl (C=O) groups is 1. The summed E-state index contributed by atoms with van der Waals surface area (Å²) in [6.45, 7) is 1.67. The SMILES string of the molecule is CCCCC[C@@H](OC(=O)c1ccccc1)[C@@H](O)CO. The Morgan fingerprint density at radius 2 is 1.95 bits per heavy atom. The minimum atomic E-state index is -1.02. The highest BCUT2D eigenvalue weighted by molar-refractivity contribution is 5.89. The Bertz CT molecular complexity index is 364. The molecule has 4 heteroatoms. The molecule has 0 spiro atoms. The van der Waals surface area contributed by atoms with Gasteiger partial charge in [0, 0.05) is 0 Å². The molecule has 1 aromatic carbocycles. The first-order chi connectivity index (χ1) is 9.19. The van der Waals surface area contributed by atoms with Gasteiger partial charge in [-0.2, -0.15) is 0 Å². The molecule has 0 saturated carbocycles. The molecule has 0 amide bonds. The number of rotatable bonds is 8. The van der Waals surface area contributed by atoms with Crippen molar-refractivity contribution in [2.75, 3.05) is 6.61 Å². The molecule has 1 rings (SSSR count). The van der Waals surface area contributed by atoms with Crippen molar-refractivity contribution in [2.45, 2.75) is 44.8 Å². The van der Waals surface area contributed by atoms with Crippen LogP contribution in [-0.4, -0.2) is 35.0 Å². The van der Waals surface area contributed by atoms with Crippen molar-refractivity contribution in [3.63, 3.8) is 0 Å². The third-order valence-electron chi connectivity index (χ3n) is 2.98. The van der Waals surface area contributed by atoms with Crippen LogP contribution in [0.2, 0.25) is 0 Å². The number of aliphatic hydroxyl groups excluding tert-OH is 2. The van der Waals surface area contributed by atoms with E-state index >= 15 is 0 Å². The van der Waals surface area contributed by atoms with Crippen LogP contribution in [-0.2, 0) is 4.74 Å². The summed E-state index contributed by atoms with van der Waals surface area (Å²) < 4.78 is 5.29. The lowest BCUT2D eigenvalue weighted by atomic mass is 10.1. The van der Waals surface area contributed by atoms with Gasteiger partial charge in [-0.05, 0) is 25.0 Å². The second-order valence-corrected chi connectivity index (χ2v) is 4.56. The summed E-state index contributed by atoms with van der Waals surface area (Å²) in [6, 6.07) is 8.65. The molecule has 106 valence electrons. The highest BCUT2D eigenvalue weighted by atomic mass is 16.6. The molecule has 0 aliphatic rings. The van der Waals surface area contributed by atoms with Crippen LogP contribution in [0.1, 0.15) is 43.0 Å². The van der Waals surface area contributed by atoms with Gasteiger partial charge in [0.2, 0.25) is 0 Å². The minimum absolute atomic E-state index is 0.404. The van der Waals surface area contributed by atoms with Crippen LogP contribution in [0.3, 0.4) is 0 Å². The Balaban J connectivity index is 2.58. The topological polar surface area (TPSA) is 66.8 Å². The van der Waals surface area contributed by atoms with E-state index in [0.29, 0.717) is 12.0 Å². The molecule has 19 heavy (non-hydrogen) atoms. The molecule has 0 aromatic heterocycles. The molecular formula is C15H22O4. The maximum absolute atomic E-state index is 11.9. The second-order valence-electron chi connectivity index (χ2n) is 4.56. The van der Waals surface area contributed by atoms with Crippen molar-refractivity contribution in [2.24, 2.45) is 0 Å². The number of ether oxygens (including phenoxy) is 1. The van der Waals surface area contributed by atoms with E-state index < -0.39 is 24.8 Å². The van der Waals surface area contributed by atoms with Gasteiger partial charge < -0.3 is 14.9 Å². The Morgan fingerprint density at radius 1 is 1.26 bits per heavy atom. The van der Waals surface area contributed by atoms with Crippen LogP contribution in [0.15, 0.2) is 30.3 Å². The van der Waals surface area contributed by atoms with Gasteiger partial charge in [0.15, 0.2) is 0 Å². The van der Waals surface area contributed by atoms with E-state index in [1.807, 2.05) is 6.07 Å². The first-order valence-corrected chi connectivity index (χ1v) is 6.74. The molecule has 0 aliphatic heterocycles. The fourth-order valence-electron chi connectivity index (χ4n) is 1.82. The van der Waals surface area contributed by atoms with Crippen LogP contribution in [0.25, 0.3) is 0 Å². The fraction of sp³-hybridized carbons (Fsp3) is 0.533. The van der Waals surface area contributed by atoms with Crippen molar-refractivity contribution in [3.05, 3.63) is 35.9 Å². The molecular weight excluding hydrogens is 244 g/mol. The van der Waals surface area contributed by atoms with Crippen molar-refractivity contribution in [1.29, 1.82) is 0 Å². The summed E-state index contributed by atoms with van der Waals surface area (Å²) >= 11 is 0. The normalized spacial score (nSPS) is 13.8. The van der Waals surface area contributed by atoms with Gasteiger partial charge in [0.05, 0.1) is 12.2 Å². The van der Waals surface area contributed by atoms with E-state index in [9.17, 15) is 9.90 Å². The van der Waals surface area contributed by atoms with Crippen molar-refractivity contribution >= 4 is 5.97 Å². The first kappa shape index (κ1) is 15.7. The van der Waals surface area contributed by atoms with Crippen molar-refractivity contribution < 1.29 is 19.7 Å². The number of unbranched alkanes of at least 4 members (excludes halogenated alkanes) is 2. The van der Waals surface area contributed by atoms with E-state index in [2.05, 4.69) is 6.92 Å². The Labute approximate surface area is 114 Å². The molecule has 0 unspecified atom stereocenters.